The SMILES string of the molecule is CCN1C(=O)/C(=C/c2ccc(OCc3cccc([N+](=O)[O-])c3)c(I)c2)SC1=S. The van der Waals surface area contributed by atoms with E-state index in [4.69, 9.17) is 17.0 Å². The monoisotopic (exact) mass is 526 g/mol. The second-order valence-corrected chi connectivity index (χ2v) is 8.67. The standard InChI is InChI=1S/C19H15IN2O4S2/c1-2-21-18(23)17(28-19(21)27)10-12-6-7-16(15(20)9-12)26-11-13-4-3-5-14(8-13)22(24)25/h3-10H,2,11H2,1H3/b17-10-. The number of thiocarbonyl (C=S) groups is 1. The van der Waals surface area contributed by atoms with Crippen molar-refractivity contribution < 1.29 is 14.5 Å². The number of hydrogen-bond acceptors (Lipinski definition) is 6. The summed E-state index contributed by atoms with van der Waals surface area (Å²) in [5.41, 5.74) is 1.64. The molecule has 0 spiro atoms. The molecule has 2 aromatic carbocycles. The normalized spacial score (nSPS) is 15.4. The zero-order valence-electron chi connectivity index (χ0n) is 14.8. The van der Waals surface area contributed by atoms with Crippen LogP contribution in [0, 0.1) is 13.7 Å². The molecular weight excluding hydrogens is 511 g/mol. The lowest BCUT2D eigenvalue weighted by atomic mass is 10.2. The van der Waals surface area contributed by atoms with E-state index in [-0.39, 0.29) is 18.2 Å². The molecule has 6 nitrogen and oxygen atoms in total. The first kappa shape index (κ1) is 20.7. The summed E-state index contributed by atoms with van der Waals surface area (Å²) in [6.45, 7) is 2.68. The third-order valence-electron chi connectivity index (χ3n) is 3.96. The van der Waals surface area contributed by atoms with Gasteiger partial charge in [0.2, 0.25) is 0 Å². The lowest BCUT2D eigenvalue weighted by Crippen LogP contribution is -2.27. The molecule has 1 aliphatic rings. The maximum absolute atomic E-state index is 12.3. The molecule has 2 aromatic rings. The molecule has 0 N–H and O–H groups in total. The Labute approximate surface area is 185 Å². The molecule has 0 atom stereocenters. The number of benzene rings is 2. The summed E-state index contributed by atoms with van der Waals surface area (Å²) >= 11 is 8.69. The Hall–Kier alpha value is -1.98. The molecule has 9 heteroatoms. The highest BCUT2D eigenvalue weighted by atomic mass is 127. The van der Waals surface area contributed by atoms with E-state index in [0.717, 1.165) is 14.7 Å². The number of nitrogens with zero attached hydrogens (tertiary/aromatic N) is 2. The lowest BCUT2D eigenvalue weighted by molar-refractivity contribution is -0.384. The molecule has 0 unspecified atom stereocenters. The van der Waals surface area contributed by atoms with Gasteiger partial charge in [0.15, 0.2) is 0 Å². The predicted molar refractivity (Wildman–Crippen MR) is 122 cm³/mol. The number of ether oxygens (including phenoxy) is 1. The number of carbonyl (C=O) groups is 1. The van der Waals surface area contributed by atoms with Gasteiger partial charge in [-0.05, 0) is 58.9 Å². The quantitative estimate of drug-likeness (QED) is 0.174. The van der Waals surface area contributed by atoms with Crippen molar-refractivity contribution in [1.29, 1.82) is 0 Å². The van der Waals surface area contributed by atoms with E-state index in [1.807, 2.05) is 31.2 Å². The van der Waals surface area contributed by atoms with Crippen LogP contribution in [0.4, 0.5) is 5.69 Å². The van der Waals surface area contributed by atoms with Gasteiger partial charge in [0, 0.05) is 18.7 Å². The molecule has 0 aliphatic carbocycles. The van der Waals surface area contributed by atoms with Crippen molar-refractivity contribution in [2.45, 2.75) is 13.5 Å². The minimum atomic E-state index is -0.427. The number of hydrogen-bond donors (Lipinski definition) is 0. The fourth-order valence-corrected chi connectivity index (χ4v) is 4.65. The predicted octanol–water partition coefficient (Wildman–Crippen LogP) is 5.00. The third-order valence-corrected chi connectivity index (χ3v) is 6.18. The number of halogens is 1. The second kappa shape index (κ2) is 9.01. The average Bonchev–Trinajstić information content (AvgIpc) is 2.94. The van der Waals surface area contributed by atoms with Crippen molar-refractivity contribution in [1.82, 2.24) is 4.90 Å². The highest BCUT2D eigenvalue weighted by Crippen LogP contribution is 2.33. The molecular formula is C19H15IN2O4S2. The van der Waals surface area contributed by atoms with Gasteiger partial charge in [0.25, 0.3) is 11.6 Å². The maximum atomic E-state index is 12.3. The fraction of sp³-hybridized carbons (Fsp3) is 0.158. The van der Waals surface area contributed by atoms with Crippen LogP contribution in [0.5, 0.6) is 5.75 Å². The fourth-order valence-electron chi connectivity index (χ4n) is 2.57. The van der Waals surface area contributed by atoms with Crippen LogP contribution in [0.25, 0.3) is 6.08 Å². The van der Waals surface area contributed by atoms with E-state index in [9.17, 15) is 14.9 Å². The Morgan fingerprint density at radius 1 is 1.32 bits per heavy atom. The molecule has 144 valence electrons. The zero-order chi connectivity index (χ0) is 20.3. The van der Waals surface area contributed by atoms with Crippen molar-refractivity contribution in [2.75, 3.05) is 6.54 Å². The molecule has 0 aromatic heterocycles. The van der Waals surface area contributed by atoms with E-state index in [2.05, 4.69) is 22.6 Å². The van der Waals surface area contributed by atoms with Crippen LogP contribution >= 0.6 is 46.6 Å². The molecule has 1 amide bonds. The first-order valence-corrected chi connectivity index (χ1v) is 10.6. The van der Waals surface area contributed by atoms with Crippen LogP contribution in [0.3, 0.4) is 0 Å². The van der Waals surface area contributed by atoms with E-state index >= 15 is 0 Å². The smallest absolute Gasteiger partial charge is 0.269 e. The highest BCUT2D eigenvalue weighted by molar-refractivity contribution is 14.1. The van der Waals surface area contributed by atoms with Crippen LogP contribution in [0.1, 0.15) is 18.1 Å². The second-order valence-electron chi connectivity index (χ2n) is 5.83. The van der Waals surface area contributed by atoms with Gasteiger partial charge in [-0.25, -0.2) is 0 Å². The topological polar surface area (TPSA) is 72.7 Å². The van der Waals surface area contributed by atoms with Crippen molar-refractivity contribution >= 4 is 68.6 Å². The number of rotatable bonds is 6. The summed E-state index contributed by atoms with van der Waals surface area (Å²) in [5, 5.41) is 10.9. The van der Waals surface area contributed by atoms with Crippen molar-refractivity contribution in [3.8, 4) is 5.75 Å². The largest absolute Gasteiger partial charge is 0.488 e. The number of likely N-dealkylation sites (N-methyl/N-ethyl adjacent to an activating group) is 1. The van der Waals surface area contributed by atoms with E-state index < -0.39 is 4.92 Å². The van der Waals surface area contributed by atoms with Crippen molar-refractivity contribution in [2.24, 2.45) is 0 Å². The molecule has 0 radical (unpaired) electrons. The molecule has 28 heavy (non-hydrogen) atoms. The Morgan fingerprint density at radius 2 is 2.11 bits per heavy atom. The van der Waals surface area contributed by atoms with Gasteiger partial charge < -0.3 is 4.74 Å². The van der Waals surface area contributed by atoms with Crippen LogP contribution in [-0.4, -0.2) is 26.6 Å². The third kappa shape index (κ3) is 4.70. The van der Waals surface area contributed by atoms with E-state index in [1.165, 1.54) is 23.9 Å². The van der Waals surface area contributed by atoms with Gasteiger partial charge in [0.05, 0.1) is 13.4 Å². The number of non-ortho nitro benzene ring substituents is 1. The lowest BCUT2D eigenvalue weighted by Gasteiger charge is -2.10. The number of amides is 1. The molecule has 0 saturated carbocycles. The van der Waals surface area contributed by atoms with Crippen LogP contribution in [0.2, 0.25) is 0 Å². The Bertz CT molecular complexity index is 994. The maximum Gasteiger partial charge on any atom is 0.269 e. The van der Waals surface area contributed by atoms with Gasteiger partial charge in [-0.3, -0.25) is 19.8 Å². The van der Waals surface area contributed by atoms with Crippen LogP contribution < -0.4 is 4.74 Å². The molecule has 1 heterocycles. The number of nitro benzene ring substituents is 1. The van der Waals surface area contributed by atoms with Crippen molar-refractivity contribution in [3.63, 3.8) is 0 Å². The van der Waals surface area contributed by atoms with Gasteiger partial charge in [-0.2, -0.15) is 0 Å². The minimum absolute atomic E-state index is 0.0375. The first-order valence-electron chi connectivity index (χ1n) is 8.30. The molecule has 1 aliphatic heterocycles. The van der Waals surface area contributed by atoms with Gasteiger partial charge in [-0.15, -0.1) is 0 Å². The summed E-state index contributed by atoms with van der Waals surface area (Å²) < 4.78 is 7.26. The number of nitro groups is 1. The van der Waals surface area contributed by atoms with E-state index in [0.29, 0.717) is 21.5 Å². The van der Waals surface area contributed by atoms with Crippen molar-refractivity contribution in [3.05, 3.63) is 72.2 Å². The molecule has 1 saturated heterocycles. The summed E-state index contributed by atoms with van der Waals surface area (Å²) in [5.74, 6) is 0.601. The minimum Gasteiger partial charge on any atom is -0.488 e. The van der Waals surface area contributed by atoms with Crippen LogP contribution in [-0.2, 0) is 11.4 Å². The Kier molecular flexibility index (Phi) is 6.68. The zero-order valence-corrected chi connectivity index (χ0v) is 18.5. The van der Waals surface area contributed by atoms with Gasteiger partial charge >= 0.3 is 0 Å². The summed E-state index contributed by atoms with van der Waals surface area (Å²) in [4.78, 5) is 24.9. The molecule has 1 fully saturated rings. The Morgan fingerprint density at radius 3 is 2.75 bits per heavy atom. The summed E-state index contributed by atoms with van der Waals surface area (Å²) in [6.07, 6.45) is 1.82. The molecule has 0 bridgehead atoms. The van der Waals surface area contributed by atoms with E-state index in [1.54, 1.807) is 17.0 Å². The number of carbonyl (C=O) groups excluding carboxylic acids is 1. The highest BCUT2D eigenvalue weighted by Gasteiger charge is 2.30. The summed E-state index contributed by atoms with van der Waals surface area (Å²) in [7, 11) is 0. The van der Waals surface area contributed by atoms with Crippen LogP contribution in [0.15, 0.2) is 47.4 Å². The average molecular weight is 526 g/mol. The van der Waals surface area contributed by atoms with Gasteiger partial charge in [-0.1, -0.05) is 42.2 Å². The first-order chi connectivity index (χ1) is 13.4. The molecule has 3 rings (SSSR count). The number of thioether (sulfide) groups is 1. The Balaban J connectivity index is 1.72. The summed E-state index contributed by atoms with van der Waals surface area (Å²) in [6, 6.07) is 12.0. The van der Waals surface area contributed by atoms with Gasteiger partial charge in [0.1, 0.15) is 16.7 Å².